The SMILES string of the molecule is COCc1nc(C(=O)NNC(=O)C(C)Oc2ccc3ccccc3c2)cs1. The van der Waals surface area contributed by atoms with Gasteiger partial charge in [0.05, 0.1) is 6.61 Å². The van der Waals surface area contributed by atoms with Crippen molar-refractivity contribution in [3.05, 3.63) is 58.5 Å². The van der Waals surface area contributed by atoms with Crippen LogP contribution in [0.4, 0.5) is 0 Å². The number of hydrogen-bond donors (Lipinski definition) is 2. The smallest absolute Gasteiger partial charge is 0.289 e. The van der Waals surface area contributed by atoms with Crippen LogP contribution in [0.5, 0.6) is 5.75 Å². The van der Waals surface area contributed by atoms with Crippen LogP contribution in [-0.2, 0) is 16.1 Å². The van der Waals surface area contributed by atoms with Gasteiger partial charge in [-0.25, -0.2) is 4.98 Å². The summed E-state index contributed by atoms with van der Waals surface area (Å²) in [5.41, 5.74) is 4.90. The molecule has 7 nitrogen and oxygen atoms in total. The molecule has 2 N–H and O–H groups in total. The van der Waals surface area contributed by atoms with Crippen molar-refractivity contribution in [3.8, 4) is 5.75 Å². The fourth-order valence-corrected chi connectivity index (χ4v) is 3.13. The van der Waals surface area contributed by atoms with E-state index in [2.05, 4.69) is 15.8 Å². The first-order valence-electron chi connectivity index (χ1n) is 8.26. The fraction of sp³-hybridized carbons (Fsp3) is 0.211. The Kier molecular flexibility index (Phi) is 6.00. The average molecular weight is 385 g/mol. The second-order valence-electron chi connectivity index (χ2n) is 5.77. The highest BCUT2D eigenvalue weighted by molar-refractivity contribution is 7.09. The number of nitrogens with one attached hydrogen (secondary N) is 2. The van der Waals surface area contributed by atoms with E-state index < -0.39 is 17.9 Å². The lowest BCUT2D eigenvalue weighted by Gasteiger charge is -2.15. The zero-order chi connectivity index (χ0) is 19.2. The standard InChI is InChI=1S/C19H19N3O4S/c1-12(26-15-8-7-13-5-3-4-6-14(13)9-15)18(23)21-22-19(24)16-11-27-17(20-16)10-25-2/h3-9,11-12H,10H2,1-2H3,(H,21,23)(H,22,24). The Morgan fingerprint density at radius 2 is 1.93 bits per heavy atom. The normalized spacial score (nSPS) is 11.8. The van der Waals surface area contributed by atoms with Crippen molar-refractivity contribution < 1.29 is 19.1 Å². The molecular formula is C19H19N3O4S. The number of carbonyl (C=O) groups excluding carboxylic acids is 2. The third kappa shape index (κ3) is 4.81. The number of thiazole rings is 1. The second kappa shape index (κ2) is 8.61. The minimum absolute atomic E-state index is 0.218. The summed E-state index contributed by atoms with van der Waals surface area (Å²) in [5.74, 6) is -0.393. The van der Waals surface area contributed by atoms with Gasteiger partial charge in [0.1, 0.15) is 16.5 Å². The highest BCUT2D eigenvalue weighted by atomic mass is 32.1. The molecule has 0 saturated carbocycles. The van der Waals surface area contributed by atoms with Crippen molar-refractivity contribution in [1.82, 2.24) is 15.8 Å². The van der Waals surface area contributed by atoms with Gasteiger partial charge >= 0.3 is 0 Å². The molecule has 1 heterocycles. The maximum Gasteiger partial charge on any atom is 0.289 e. The third-order valence-corrected chi connectivity index (χ3v) is 4.58. The molecule has 0 aliphatic carbocycles. The molecule has 3 aromatic rings. The van der Waals surface area contributed by atoms with Crippen LogP contribution in [-0.4, -0.2) is 30.0 Å². The first-order valence-corrected chi connectivity index (χ1v) is 9.14. The van der Waals surface area contributed by atoms with E-state index in [1.54, 1.807) is 25.5 Å². The molecule has 27 heavy (non-hydrogen) atoms. The van der Waals surface area contributed by atoms with Crippen LogP contribution in [0.3, 0.4) is 0 Å². The Balaban J connectivity index is 1.54. The molecule has 0 aliphatic heterocycles. The van der Waals surface area contributed by atoms with Crippen molar-refractivity contribution in [1.29, 1.82) is 0 Å². The molecule has 1 atom stereocenters. The molecule has 0 fully saturated rings. The maximum atomic E-state index is 12.2. The van der Waals surface area contributed by atoms with Crippen LogP contribution in [0.25, 0.3) is 10.8 Å². The number of hydrazine groups is 1. The first-order chi connectivity index (χ1) is 13.1. The lowest BCUT2D eigenvalue weighted by Crippen LogP contribution is -2.47. The molecular weight excluding hydrogens is 366 g/mol. The Morgan fingerprint density at radius 1 is 1.15 bits per heavy atom. The average Bonchev–Trinajstić information content (AvgIpc) is 3.14. The lowest BCUT2D eigenvalue weighted by atomic mass is 10.1. The third-order valence-electron chi connectivity index (χ3n) is 3.75. The van der Waals surface area contributed by atoms with E-state index in [0.717, 1.165) is 10.8 Å². The van der Waals surface area contributed by atoms with Crippen LogP contribution in [0.15, 0.2) is 47.8 Å². The summed E-state index contributed by atoms with van der Waals surface area (Å²) >= 11 is 1.31. The van der Waals surface area contributed by atoms with Gasteiger partial charge in [-0.05, 0) is 29.8 Å². The molecule has 2 aromatic carbocycles. The summed E-state index contributed by atoms with van der Waals surface area (Å²) in [6.07, 6.45) is -0.786. The molecule has 2 amide bonds. The van der Waals surface area contributed by atoms with E-state index in [9.17, 15) is 9.59 Å². The summed E-state index contributed by atoms with van der Waals surface area (Å²) in [4.78, 5) is 28.3. The second-order valence-corrected chi connectivity index (χ2v) is 6.71. The Labute approximate surface area is 160 Å². The predicted molar refractivity (Wildman–Crippen MR) is 102 cm³/mol. The summed E-state index contributed by atoms with van der Waals surface area (Å²) in [7, 11) is 1.55. The molecule has 8 heteroatoms. The van der Waals surface area contributed by atoms with Crippen LogP contribution >= 0.6 is 11.3 Å². The number of ether oxygens (including phenoxy) is 2. The number of nitrogens with zero attached hydrogens (tertiary/aromatic N) is 1. The highest BCUT2D eigenvalue weighted by Crippen LogP contribution is 2.21. The van der Waals surface area contributed by atoms with Crippen molar-refractivity contribution in [2.75, 3.05) is 7.11 Å². The van der Waals surface area contributed by atoms with E-state index in [1.807, 2.05) is 36.4 Å². The number of benzene rings is 2. The number of hydrogen-bond acceptors (Lipinski definition) is 6. The number of rotatable bonds is 6. The van der Waals surface area contributed by atoms with E-state index in [0.29, 0.717) is 17.4 Å². The largest absolute Gasteiger partial charge is 0.481 e. The van der Waals surface area contributed by atoms with E-state index in [-0.39, 0.29) is 5.69 Å². The number of fused-ring (bicyclic) bond motifs is 1. The van der Waals surface area contributed by atoms with Gasteiger partial charge in [0.25, 0.3) is 11.8 Å². The molecule has 0 bridgehead atoms. The number of amides is 2. The maximum absolute atomic E-state index is 12.2. The minimum atomic E-state index is -0.786. The molecule has 0 saturated heterocycles. The fourth-order valence-electron chi connectivity index (χ4n) is 2.39. The van der Waals surface area contributed by atoms with E-state index >= 15 is 0 Å². The van der Waals surface area contributed by atoms with Crippen LogP contribution < -0.4 is 15.6 Å². The molecule has 0 aliphatic rings. The van der Waals surface area contributed by atoms with Gasteiger partial charge in [0.15, 0.2) is 6.10 Å². The molecule has 140 valence electrons. The summed E-state index contributed by atoms with van der Waals surface area (Å²) in [5, 5.41) is 4.39. The molecule has 0 spiro atoms. The molecule has 1 unspecified atom stereocenters. The number of aromatic nitrogens is 1. The monoisotopic (exact) mass is 385 g/mol. The number of methoxy groups -OCH3 is 1. The molecule has 3 rings (SSSR count). The first kappa shape index (κ1) is 18.8. The lowest BCUT2D eigenvalue weighted by molar-refractivity contribution is -0.128. The van der Waals surface area contributed by atoms with Crippen LogP contribution in [0, 0.1) is 0 Å². The van der Waals surface area contributed by atoms with Gasteiger partial charge in [-0.2, -0.15) is 0 Å². The molecule has 1 aromatic heterocycles. The Hall–Kier alpha value is -2.97. The van der Waals surface area contributed by atoms with Gasteiger partial charge in [0, 0.05) is 12.5 Å². The van der Waals surface area contributed by atoms with Gasteiger partial charge in [-0.3, -0.25) is 20.4 Å². The van der Waals surface area contributed by atoms with E-state index in [4.69, 9.17) is 9.47 Å². The highest BCUT2D eigenvalue weighted by Gasteiger charge is 2.17. The summed E-state index contributed by atoms with van der Waals surface area (Å²) in [6, 6.07) is 13.5. The van der Waals surface area contributed by atoms with Crippen molar-refractivity contribution in [3.63, 3.8) is 0 Å². The van der Waals surface area contributed by atoms with Gasteiger partial charge in [-0.1, -0.05) is 30.3 Å². The topological polar surface area (TPSA) is 89.5 Å². The zero-order valence-electron chi connectivity index (χ0n) is 14.9. The van der Waals surface area contributed by atoms with Gasteiger partial charge in [0.2, 0.25) is 0 Å². The van der Waals surface area contributed by atoms with Gasteiger partial charge in [-0.15, -0.1) is 11.3 Å². The van der Waals surface area contributed by atoms with E-state index in [1.165, 1.54) is 11.3 Å². The molecule has 0 radical (unpaired) electrons. The van der Waals surface area contributed by atoms with Crippen LogP contribution in [0.2, 0.25) is 0 Å². The van der Waals surface area contributed by atoms with Crippen LogP contribution in [0.1, 0.15) is 22.4 Å². The number of carbonyl (C=O) groups is 2. The summed E-state index contributed by atoms with van der Waals surface area (Å²) in [6.45, 7) is 1.94. The zero-order valence-corrected chi connectivity index (χ0v) is 15.7. The predicted octanol–water partition coefficient (Wildman–Crippen LogP) is 2.67. The Bertz CT molecular complexity index is 957. The van der Waals surface area contributed by atoms with Crippen molar-refractivity contribution >= 4 is 33.9 Å². The summed E-state index contributed by atoms with van der Waals surface area (Å²) < 4.78 is 10.6. The quantitative estimate of drug-likeness (QED) is 0.637. The Morgan fingerprint density at radius 3 is 2.70 bits per heavy atom. The van der Waals surface area contributed by atoms with Crippen molar-refractivity contribution in [2.45, 2.75) is 19.6 Å². The minimum Gasteiger partial charge on any atom is -0.481 e. The van der Waals surface area contributed by atoms with Gasteiger partial charge < -0.3 is 9.47 Å². The van der Waals surface area contributed by atoms with Crippen molar-refractivity contribution in [2.24, 2.45) is 0 Å².